The van der Waals surface area contributed by atoms with Gasteiger partial charge in [-0.15, -0.1) is 24.0 Å². The number of ether oxygens (including phenoxy) is 1. The average molecular weight is 499 g/mol. The summed E-state index contributed by atoms with van der Waals surface area (Å²) in [5, 5.41) is 7.03. The standard InChI is InChI=1S/C18H28ClFN4O.HI/c1-13(12-25-3)23-18(21-2)22-11-16(24-9-4-5-10-24)17-14(19)7-6-8-15(17)20;/h6-8,13,16H,4-5,9-12H2,1-3H3,(H2,21,22,23);1H. The van der Waals surface area contributed by atoms with E-state index >= 15 is 0 Å². The number of halogens is 3. The topological polar surface area (TPSA) is 48.9 Å². The number of rotatable bonds is 7. The maximum Gasteiger partial charge on any atom is 0.191 e. The Morgan fingerprint density at radius 1 is 1.38 bits per heavy atom. The zero-order chi connectivity index (χ0) is 18.2. The third-order valence-corrected chi connectivity index (χ3v) is 4.73. The third kappa shape index (κ3) is 6.51. The number of nitrogens with zero attached hydrogens (tertiary/aromatic N) is 2. The molecule has 0 aliphatic carbocycles. The minimum Gasteiger partial charge on any atom is -0.383 e. The number of hydrogen-bond donors (Lipinski definition) is 2. The predicted octanol–water partition coefficient (Wildman–Crippen LogP) is 3.43. The van der Waals surface area contributed by atoms with Gasteiger partial charge < -0.3 is 15.4 Å². The van der Waals surface area contributed by atoms with E-state index in [1.807, 2.05) is 6.92 Å². The van der Waals surface area contributed by atoms with Gasteiger partial charge in [-0.25, -0.2) is 4.39 Å². The van der Waals surface area contributed by atoms with Crippen molar-refractivity contribution in [2.24, 2.45) is 4.99 Å². The van der Waals surface area contributed by atoms with Gasteiger partial charge in [-0.3, -0.25) is 9.89 Å². The summed E-state index contributed by atoms with van der Waals surface area (Å²) < 4.78 is 19.6. The summed E-state index contributed by atoms with van der Waals surface area (Å²) in [5.74, 6) is 0.406. The molecule has 1 fully saturated rings. The van der Waals surface area contributed by atoms with Gasteiger partial charge in [-0.2, -0.15) is 0 Å². The second-order valence-corrected chi connectivity index (χ2v) is 6.76. The Labute approximate surface area is 177 Å². The Kier molecular flexibility index (Phi) is 10.7. The molecule has 0 saturated carbocycles. The van der Waals surface area contributed by atoms with Crippen LogP contribution < -0.4 is 10.6 Å². The van der Waals surface area contributed by atoms with Crippen LogP contribution in [0.4, 0.5) is 4.39 Å². The molecule has 2 unspecified atom stereocenters. The molecule has 0 spiro atoms. The van der Waals surface area contributed by atoms with Crippen molar-refractivity contribution in [3.8, 4) is 0 Å². The molecule has 26 heavy (non-hydrogen) atoms. The van der Waals surface area contributed by atoms with Crippen molar-refractivity contribution in [1.29, 1.82) is 0 Å². The third-order valence-electron chi connectivity index (χ3n) is 4.40. The number of benzene rings is 1. The molecule has 0 bridgehead atoms. The molecule has 1 aromatic rings. The predicted molar refractivity (Wildman–Crippen MR) is 116 cm³/mol. The van der Waals surface area contributed by atoms with Crippen LogP contribution in [0.5, 0.6) is 0 Å². The normalized spacial score (nSPS) is 17.5. The van der Waals surface area contributed by atoms with Crippen molar-refractivity contribution in [1.82, 2.24) is 15.5 Å². The van der Waals surface area contributed by atoms with Crippen LogP contribution in [0.3, 0.4) is 0 Å². The maximum atomic E-state index is 14.5. The SMILES string of the molecule is CN=C(NCC(c1c(F)cccc1Cl)N1CCCC1)NC(C)COC.I. The van der Waals surface area contributed by atoms with Crippen molar-refractivity contribution in [2.75, 3.05) is 40.4 Å². The quantitative estimate of drug-likeness (QED) is 0.344. The highest BCUT2D eigenvalue weighted by molar-refractivity contribution is 14.0. The summed E-state index contributed by atoms with van der Waals surface area (Å²) in [4.78, 5) is 6.52. The van der Waals surface area contributed by atoms with E-state index in [0.29, 0.717) is 29.7 Å². The van der Waals surface area contributed by atoms with Crippen LogP contribution in [0.25, 0.3) is 0 Å². The van der Waals surface area contributed by atoms with Crippen molar-refractivity contribution in [3.63, 3.8) is 0 Å². The van der Waals surface area contributed by atoms with E-state index in [0.717, 1.165) is 25.9 Å². The molecular weight excluding hydrogens is 470 g/mol. The number of guanidine groups is 1. The van der Waals surface area contributed by atoms with Gasteiger partial charge >= 0.3 is 0 Å². The van der Waals surface area contributed by atoms with E-state index in [2.05, 4.69) is 20.5 Å². The molecule has 0 amide bonds. The summed E-state index contributed by atoms with van der Waals surface area (Å²) in [6.45, 7) is 5.02. The first-order chi connectivity index (χ1) is 12.1. The van der Waals surface area contributed by atoms with Crippen LogP contribution in [-0.2, 0) is 4.74 Å². The average Bonchev–Trinajstić information content (AvgIpc) is 3.10. The highest BCUT2D eigenvalue weighted by Crippen LogP contribution is 2.31. The van der Waals surface area contributed by atoms with E-state index in [4.69, 9.17) is 16.3 Å². The van der Waals surface area contributed by atoms with Crippen molar-refractivity contribution in [3.05, 3.63) is 34.6 Å². The molecule has 5 nitrogen and oxygen atoms in total. The van der Waals surface area contributed by atoms with Gasteiger partial charge in [0.05, 0.1) is 12.6 Å². The number of aliphatic imine (C=N–C) groups is 1. The molecule has 2 rings (SSSR count). The molecule has 1 aliphatic heterocycles. The molecule has 8 heteroatoms. The summed E-state index contributed by atoms with van der Waals surface area (Å²) in [7, 11) is 3.38. The maximum absolute atomic E-state index is 14.5. The highest BCUT2D eigenvalue weighted by atomic mass is 127. The fraction of sp³-hybridized carbons (Fsp3) is 0.611. The second kappa shape index (κ2) is 11.9. The largest absolute Gasteiger partial charge is 0.383 e. The highest BCUT2D eigenvalue weighted by Gasteiger charge is 2.27. The lowest BCUT2D eigenvalue weighted by molar-refractivity contribution is 0.178. The van der Waals surface area contributed by atoms with E-state index < -0.39 is 0 Å². The van der Waals surface area contributed by atoms with Crippen LogP contribution in [-0.4, -0.2) is 57.3 Å². The smallest absolute Gasteiger partial charge is 0.191 e. The Bertz CT molecular complexity index is 564. The van der Waals surface area contributed by atoms with Gasteiger partial charge in [0.1, 0.15) is 5.82 Å². The minimum atomic E-state index is -0.262. The first-order valence-corrected chi connectivity index (χ1v) is 9.08. The van der Waals surface area contributed by atoms with Crippen LogP contribution in [0.15, 0.2) is 23.2 Å². The number of methoxy groups -OCH3 is 1. The zero-order valence-corrected chi connectivity index (χ0v) is 18.7. The first kappa shape index (κ1) is 23.4. The van der Waals surface area contributed by atoms with Crippen LogP contribution in [0.2, 0.25) is 5.02 Å². The lowest BCUT2D eigenvalue weighted by Crippen LogP contribution is -2.46. The van der Waals surface area contributed by atoms with Gasteiger partial charge in [0.15, 0.2) is 5.96 Å². The fourth-order valence-corrected chi connectivity index (χ4v) is 3.50. The zero-order valence-electron chi connectivity index (χ0n) is 15.6. The molecule has 2 N–H and O–H groups in total. The fourth-order valence-electron chi connectivity index (χ4n) is 3.21. The van der Waals surface area contributed by atoms with Gasteiger partial charge in [0.2, 0.25) is 0 Å². The molecule has 1 heterocycles. The van der Waals surface area contributed by atoms with Gasteiger partial charge in [0, 0.05) is 37.3 Å². The van der Waals surface area contributed by atoms with E-state index in [9.17, 15) is 4.39 Å². The van der Waals surface area contributed by atoms with Crippen LogP contribution in [0.1, 0.15) is 31.4 Å². The minimum absolute atomic E-state index is 0. The Morgan fingerprint density at radius 2 is 2.08 bits per heavy atom. The summed E-state index contributed by atoms with van der Waals surface area (Å²) in [5.41, 5.74) is 0.555. The molecule has 2 atom stereocenters. The summed E-state index contributed by atoms with van der Waals surface area (Å²) >= 11 is 6.32. The summed E-state index contributed by atoms with van der Waals surface area (Å²) in [6, 6.07) is 4.85. The first-order valence-electron chi connectivity index (χ1n) is 8.71. The van der Waals surface area contributed by atoms with E-state index in [1.165, 1.54) is 6.07 Å². The Hall–Kier alpha value is -0.640. The van der Waals surface area contributed by atoms with Gasteiger partial charge in [0.25, 0.3) is 0 Å². The van der Waals surface area contributed by atoms with Gasteiger partial charge in [-0.05, 0) is 45.0 Å². The van der Waals surface area contributed by atoms with Crippen molar-refractivity contribution < 1.29 is 9.13 Å². The molecule has 148 valence electrons. The molecular formula is C18H29ClFIN4O. The van der Waals surface area contributed by atoms with E-state index in [-0.39, 0.29) is 41.9 Å². The lowest BCUT2D eigenvalue weighted by atomic mass is 10.0. The number of likely N-dealkylation sites (tertiary alicyclic amines) is 1. The van der Waals surface area contributed by atoms with Gasteiger partial charge in [-0.1, -0.05) is 17.7 Å². The van der Waals surface area contributed by atoms with Crippen LogP contribution >= 0.6 is 35.6 Å². The number of hydrogen-bond acceptors (Lipinski definition) is 3. The second-order valence-electron chi connectivity index (χ2n) is 6.35. The van der Waals surface area contributed by atoms with Crippen molar-refractivity contribution in [2.45, 2.75) is 31.8 Å². The van der Waals surface area contributed by atoms with Crippen molar-refractivity contribution >= 4 is 41.5 Å². The lowest BCUT2D eigenvalue weighted by Gasteiger charge is -2.30. The molecule has 0 radical (unpaired) electrons. The monoisotopic (exact) mass is 498 g/mol. The van der Waals surface area contributed by atoms with E-state index in [1.54, 1.807) is 26.3 Å². The molecule has 1 aromatic carbocycles. The molecule has 0 aromatic heterocycles. The Morgan fingerprint density at radius 3 is 2.65 bits per heavy atom. The Balaban J connectivity index is 0.00000338. The number of nitrogens with one attached hydrogen (secondary N) is 2. The molecule has 1 aliphatic rings. The van der Waals surface area contributed by atoms with Crippen LogP contribution in [0, 0.1) is 5.82 Å². The summed E-state index contributed by atoms with van der Waals surface area (Å²) in [6.07, 6.45) is 2.25. The molecule has 1 saturated heterocycles.